The number of nitrogens with zero attached hydrogens (tertiary/aromatic N) is 2. The first-order chi connectivity index (χ1) is 13.1. The molecule has 0 spiro atoms. The molecule has 1 aromatic heterocycles. The Balaban J connectivity index is 2.31. The van der Waals surface area contributed by atoms with Crippen LogP contribution in [0.4, 0.5) is 11.4 Å². The molecule has 0 aliphatic heterocycles. The molecule has 1 aromatic carbocycles. The van der Waals surface area contributed by atoms with Crippen molar-refractivity contribution in [2.75, 3.05) is 30.9 Å². The Labute approximate surface area is 172 Å². The Morgan fingerprint density at radius 2 is 1.86 bits per heavy atom. The van der Waals surface area contributed by atoms with Crippen LogP contribution < -0.4 is 10.2 Å². The minimum atomic E-state index is -0.432. The summed E-state index contributed by atoms with van der Waals surface area (Å²) in [4.78, 5) is 29.9. The standard InChI is InChI=1S/C22H31N3O2S/c1-7-12-25(21(27)22(2,3)4)15-16-14-17(10-11-18(16)24(5)6)23-20(26)19-9-8-13-28-19/h8-11,13-14H,7,12,15H2,1-6H3,(H,23,26). The number of hydrogen-bond donors (Lipinski definition) is 1. The predicted molar refractivity (Wildman–Crippen MR) is 118 cm³/mol. The lowest BCUT2D eigenvalue weighted by molar-refractivity contribution is -0.140. The van der Waals surface area contributed by atoms with Crippen LogP contribution in [0.5, 0.6) is 0 Å². The number of benzene rings is 1. The summed E-state index contributed by atoms with van der Waals surface area (Å²) in [6.45, 7) is 9.13. The van der Waals surface area contributed by atoms with Crippen molar-refractivity contribution in [2.24, 2.45) is 5.41 Å². The molecule has 0 unspecified atom stereocenters. The molecule has 0 atom stereocenters. The molecule has 2 rings (SSSR count). The highest BCUT2D eigenvalue weighted by atomic mass is 32.1. The fourth-order valence-corrected chi connectivity index (χ4v) is 3.65. The fraction of sp³-hybridized carbons (Fsp3) is 0.455. The molecule has 2 aromatic rings. The molecule has 0 aliphatic carbocycles. The van der Waals surface area contributed by atoms with Gasteiger partial charge in [-0.1, -0.05) is 33.8 Å². The van der Waals surface area contributed by atoms with E-state index in [9.17, 15) is 9.59 Å². The van der Waals surface area contributed by atoms with Crippen molar-refractivity contribution in [3.05, 3.63) is 46.2 Å². The lowest BCUT2D eigenvalue weighted by Gasteiger charge is -2.31. The summed E-state index contributed by atoms with van der Waals surface area (Å²) in [7, 11) is 3.97. The van der Waals surface area contributed by atoms with Gasteiger partial charge in [0.1, 0.15) is 0 Å². The molecule has 5 nitrogen and oxygen atoms in total. The molecule has 1 N–H and O–H groups in total. The first kappa shape index (κ1) is 22.0. The van der Waals surface area contributed by atoms with Gasteiger partial charge in [-0.15, -0.1) is 11.3 Å². The van der Waals surface area contributed by atoms with E-state index in [2.05, 4.69) is 12.2 Å². The molecule has 28 heavy (non-hydrogen) atoms. The zero-order valence-corrected chi connectivity index (χ0v) is 18.5. The Hall–Kier alpha value is -2.34. The summed E-state index contributed by atoms with van der Waals surface area (Å²) in [6.07, 6.45) is 0.897. The highest BCUT2D eigenvalue weighted by molar-refractivity contribution is 7.12. The maximum absolute atomic E-state index is 12.9. The smallest absolute Gasteiger partial charge is 0.265 e. The summed E-state index contributed by atoms with van der Waals surface area (Å²) >= 11 is 1.41. The second kappa shape index (κ2) is 9.24. The SMILES string of the molecule is CCCN(Cc1cc(NC(=O)c2cccs2)ccc1N(C)C)C(=O)C(C)(C)C. The molecule has 152 valence electrons. The molecule has 2 amide bonds. The number of carbonyl (C=O) groups is 2. The predicted octanol–water partition coefficient (Wildman–Crippen LogP) is 4.85. The molecule has 0 fully saturated rings. The molecule has 0 bridgehead atoms. The van der Waals surface area contributed by atoms with Crippen molar-refractivity contribution in [3.63, 3.8) is 0 Å². The van der Waals surface area contributed by atoms with Crippen LogP contribution in [0, 0.1) is 5.41 Å². The van der Waals surface area contributed by atoms with Crippen molar-refractivity contribution in [3.8, 4) is 0 Å². The van der Waals surface area contributed by atoms with E-state index in [0.717, 1.165) is 23.4 Å². The third-order valence-corrected chi connectivity index (χ3v) is 5.22. The van der Waals surface area contributed by atoms with Gasteiger partial charge in [-0.25, -0.2) is 0 Å². The van der Waals surface area contributed by atoms with Crippen LogP contribution >= 0.6 is 11.3 Å². The number of thiophene rings is 1. The van der Waals surface area contributed by atoms with Crippen LogP contribution in [0.2, 0.25) is 0 Å². The molecule has 0 radical (unpaired) electrons. The zero-order chi connectivity index (χ0) is 20.9. The van der Waals surface area contributed by atoms with Gasteiger partial charge in [-0.05, 0) is 41.6 Å². The van der Waals surface area contributed by atoms with Crippen LogP contribution in [-0.2, 0) is 11.3 Å². The highest BCUT2D eigenvalue weighted by Crippen LogP contribution is 2.27. The lowest BCUT2D eigenvalue weighted by atomic mass is 9.94. The van der Waals surface area contributed by atoms with Crippen molar-refractivity contribution < 1.29 is 9.59 Å². The Morgan fingerprint density at radius 3 is 2.39 bits per heavy atom. The average Bonchev–Trinajstić information content (AvgIpc) is 3.14. The minimum Gasteiger partial charge on any atom is -0.377 e. The van der Waals surface area contributed by atoms with Gasteiger partial charge in [0.15, 0.2) is 0 Å². The van der Waals surface area contributed by atoms with Gasteiger partial charge in [-0.3, -0.25) is 9.59 Å². The second-order valence-electron chi connectivity index (χ2n) is 8.15. The normalized spacial score (nSPS) is 11.2. The van der Waals surface area contributed by atoms with Crippen molar-refractivity contribution in [2.45, 2.75) is 40.7 Å². The third kappa shape index (κ3) is 5.58. The van der Waals surface area contributed by atoms with Crippen LogP contribution in [0.3, 0.4) is 0 Å². The van der Waals surface area contributed by atoms with Crippen molar-refractivity contribution in [1.82, 2.24) is 4.90 Å². The van der Waals surface area contributed by atoms with Gasteiger partial charge in [0.05, 0.1) is 4.88 Å². The van der Waals surface area contributed by atoms with Crippen LogP contribution in [-0.4, -0.2) is 37.4 Å². The quantitative estimate of drug-likeness (QED) is 0.721. The Kier molecular flexibility index (Phi) is 7.24. The van der Waals surface area contributed by atoms with Gasteiger partial charge >= 0.3 is 0 Å². The van der Waals surface area contributed by atoms with Gasteiger partial charge in [-0.2, -0.15) is 0 Å². The number of hydrogen-bond acceptors (Lipinski definition) is 4. The Bertz CT molecular complexity index is 808. The van der Waals surface area contributed by atoms with Gasteiger partial charge in [0.2, 0.25) is 5.91 Å². The summed E-state index contributed by atoms with van der Waals surface area (Å²) in [5.41, 5.74) is 2.36. The van der Waals surface area contributed by atoms with E-state index < -0.39 is 5.41 Å². The van der Waals surface area contributed by atoms with E-state index in [0.29, 0.717) is 18.0 Å². The Morgan fingerprint density at radius 1 is 1.14 bits per heavy atom. The maximum Gasteiger partial charge on any atom is 0.265 e. The molecule has 1 heterocycles. The summed E-state index contributed by atoms with van der Waals surface area (Å²) in [5.74, 6) is 0.0156. The van der Waals surface area contributed by atoms with Gasteiger partial charge < -0.3 is 15.1 Å². The van der Waals surface area contributed by atoms with Crippen molar-refractivity contribution >= 4 is 34.5 Å². The summed E-state index contributed by atoms with van der Waals surface area (Å²) < 4.78 is 0. The largest absolute Gasteiger partial charge is 0.377 e. The topological polar surface area (TPSA) is 52.7 Å². The van der Waals surface area contributed by atoms with E-state index in [1.165, 1.54) is 11.3 Å². The summed E-state index contributed by atoms with van der Waals surface area (Å²) in [6, 6.07) is 9.53. The van der Waals surface area contributed by atoms with Gasteiger partial charge in [0, 0.05) is 44.0 Å². The van der Waals surface area contributed by atoms with E-state index in [-0.39, 0.29) is 11.8 Å². The molecular formula is C22H31N3O2S. The molecular weight excluding hydrogens is 370 g/mol. The van der Waals surface area contributed by atoms with E-state index in [1.54, 1.807) is 6.07 Å². The van der Waals surface area contributed by atoms with E-state index >= 15 is 0 Å². The molecule has 6 heteroatoms. The molecule has 0 saturated heterocycles. The highest BCUT2D eigenvalue weighted by Gasteiger charge is 2.27. The number of carbonyl (C=O) groups excluding carboxylic acids is 2. The van der Waals surface area contributed by atoms with Crippen LogP contribution in [0.25, 0.3) is 0 Å². The van der Waals surface area contributed by atoms with E-state index in [1.807, 2.05) is 74.3 Å². The number of nitrogens with one attached hydrogen (secondary N) is 1. The van der Waals surface area contributed by atoms with Crippen LogP contribution in [0.15, 0.2) is 35.7 Å². The number of amides is 2. The molecule has 0 saturated carbocycles. The zero-order valence-electron chi connectivity index (χ0n) is 17.7. The second-order valence-corrected chi connectivity index (χ2v) is 9.09. The number of anilines is 2. The fourth-order valence-electron chi connectivity index (χ4n) is 3.03. The summed E-state index contributed by atoms with van der Waals surface area (Å²) in [5, 5.41) is 4.85. The van der Waals surface area contributed by atoms with Crippen molar-refractivity contribution in [1.29, 1.82) is 0 Å². The maximum atomic E-state index is 12.9. The van der Waals surface area contributed by atoms with E-state index in [4.69, 9.17) is 0 Å². The van der Waals surface area contributed by atoms with Crippen LogP contribution in [0.1, 0.15) is 49.4 Å². The first-order valence-corrected chi connectivity index (χ1v) is 10.5. The minimum absolute atomic E-state index is 0.116. The number of rotatable bonds is 7. The molecule has 0 aliphatic rings. The third-order valence-electron chi connectivity index (χ3n) is 4.35. The first-order valence-electron chi connectivity index (χ1n) is 9.58. The lowest BCUT2D eigenvalue weighted by Crippen LogP contribution is -2.39. The average molecular weight is 402 g/mol. The monoisotopic (exact) mass is 401 g/mol. The van der Waals surface area contributed by atoms with Gasteiger partial charge in [0.25, 0.3) is 5.91 Å².